The molecule has 2 heterocycles. The molecular formula is C21H20N2O2. The summed E-state index contributed by atoms with van der Waals surface area (Å²) in [6.07, 6.45) is 2.85. The van der Waals surface area contributed by atoms with E-state index >= 15 is 0 Å². The van der Waals surface area contributed by atoms with Gasteiger partial charge in [0.1, 0.15) is 5.69 Å². The molecule has 126 valence electrons. The van der Waals surface area contributed by atoms with Crippen LogP contribution in [0.15, 0.2) is 65.5 Å². The van der Waals surface area contributed by atoms with Crippen molar-refractivity contribution in [2.45, 2.75) is 25.3 Å². The van der Waals surface area contributed by atoms with Crippen LogP contribution in [0.4, 0.5) is 0 Å². The molecule has 0 unspecified atom stereocenters. The van der Waals surface area contributed by atoms with Gasteiger partial charge >= 0.3 is 0 Å². The Morgan fingerprint density at radius 1 is 1.08 bits per heavy atom. The zero-order valence-corrected chi connectivity index (χ0v) is 13.9. The number of likely N-dealkylation sites (tertiary alicyclic amines) is 1. The molecule has 25 heavy (non-hydrogen) atoms. The molecule has 1 amide bonds. The van der Waals surface area contributed by atoms with Crippen LogP contribution in [0.2, 0.25) is 0 Å². The number of carbonyl (C=O) groups excluding carboxylic acids is 1. The van der Waals surface area contributed by atoms with E-state index in [0.29, 0.717) is 11.1 Å². The first kappa shape index (κ1) is 15.6. The largest absolute Gasteiger partial charge is 0.334 e. The van der Waals surface area contributed by atoms with Crippen LogP contribution in [0, 0.1) is 0 Å². The first-order chi connectivity index (χ1) is 12.2. The third-order valence-corrected chi connectivity index (χ3v) is 4.94. The standard InChI is InChI=1S/C21H20N2O2/c24-20-18-11-5-4-9-16(18)14-19(22-20)21(25)23-12-6-10-17(23)13-15-7-2-1-3-8-15/h1-5,7-9,11,14,17H,6,10,12-13H2,(H,22,24)/t17-/m0/s1. The minimum Gasteiger partial charge on any atom is -0.334 e. The number of aromatic nitrogens is 1. The monoisotopic (exact) mass is 332 g/mol. The number of carbonyl (C=O) groups is 1. The smallest absolute Gasteiger partial charge is 0.270 e. The van der Waals surface area contributed by atoms with Crippen molar-refractivity contribution in [1.29, 1.82) is 0 Å². The summed E-state index contributed by atoms with van der Waals surface area (Å²) < 4.78 is 0. The lowest BCUT2D eigenvalue weighted by Crippen LogP contribution is -2.37. The molecule has 0 aliphatic carbocycles. The normalized spacial score (nSPS) is 17.1. The number of fused-ring (bicyclic) bond motifs is 1. The fourth-order valence-electron chi connectivity index (χ4n) is 3.68. The molecule has 0 spiro atoms. The number of nitrogens with one attached hydrogen (secondary N) is 1. The summed E-state index contributed by atoms with van der Waals surface area (Å²) in [6.45, 7) is 0.741. The number of benzene rings is 2. The first-order valence-electron chi connectivity index (χ1n) is 8.69. The summed E-state index contributed by atoms with van der Waals surface area (Å²) in [5, 5.41) is 1.41. The van der Waals surface area contributed by atoms with Crippen LogP contribution in [0.5, 0.6) is 0 Å². The molecule has 1 aliphatic heterocycles. The Kier molecular flexibility index (Phi) is 4.10. The van der Waals surface area contributed by atoms with Crippen LogP contribution < -0.4 is 5.56 Å². The average molecular weight is 332 g/mol. The Morgan fingerprint density at radius 3 is 2.68 bits per heavy atom. The van der Waals surface area contributed by atoms with E-state index in [9.17, 15) is 9.59 Å². The molecule has 0 radical (unpaired) electrons. The summed E-state index contributed by atoms with van der Waals surface area (Å²) in [5.41, 5.74) is 1.41. The summed E-state index contributed by atoms with van der Waals surface area (Å²) in [4.78, 5) is 29.9. The average Bonchev–Trinajstić information content (AvgIpc) is 3.10. The maximum Gasteiger partial charge on any atom is 0.270 e. The van der Waals surface area contributed by atoms with Gasteiger partial charge < -0.3 is 9.88 Å². The second-order valence-corrected chi connectivity index (χ2v) is 6.58. The number of nitrogens with zero attached hydrogens (tertiary/aromatic N) is 1. The third-order valence-electron chi connectivity index (χ3n) is 4.94. The van der Waals surface area contributed by atoms with E-state index in [0.717, 1.165) is 31.2 Å². The quantitative estimate of drug-likeness (QED) is 0.799. The molecule has 4 rings (SSSR count). The van der Waals surface area contributed by atoms with Gasteiger partial charge in [0.25, 0.3) is 11.5 Å². The van der Waals surface area contributed by atoms with E-state index in [-0.39, 0.29) is 17.5 Å². The number of H-pyrrole nitrogens is 1. The Labute approximate surface area is 146 Å². The van der Waals surface area contributed by atoms with Gasteiger partial charge in [-0.2, -0.15) is 0 Å². The van der Waals surface area contributed by atoms with Crippen LogP contribution in [0.25, 0.3) is 10.8 Å². The predicted octanol–water partition coefficient (Wildman–Crippen LogP) is 3.38. The van der Waals surface area contributed by atoms with Crippen molar-refractivity contribution < 1.29 is 4.79 Å². The van der Waals surface area contributed by atoms with Crippen molar-refractivity contribution in [3.05, 3.63) is 82.3 Å². The number of amides is 1. The van der Waals surface area contributed by atoms with Gasteiger partial charge in [-0.15, -0.1) is 0 Å². The Morgan fingerprint density at radius 2 is 1.84 bits per heavy atom. The lowest BCUT2D eigenvalue weighted by Gasteiger charge is -2.25. The van der Waals surface area contributed by atoms with Crippen molar-refractivity contribution in [2.24, 2.45) is 0 Å². The fraction of sp³-hybridized carbons (Fsp3) is 0.238. The van der Waals surface area contributed by atoms with Crippen molar-refractivity contribution in [3.63, 3.8) is 0 Å². The van der Waals surface area contributed by atoms with Crippen LogP contribution in [-0.4, -0.2) is 28.4 Å². The molecule has 4 heteroatoms. The summed E-state index contributed by atoms with van der Waals surface area (Å²) in [5.74, 6) is -0.0821. The molecule has 2 aromatic carbocycles. The minimum atomic E-state index is -0.208. The van der Waals surface area contributed by atoms with Crippen molar-refractivity contribution in [1.82, 2.24) is 9.88 Å². The lowest BCUT2D eigenvalue weighted by molar-refractivity contribution is 0.0730. The molecule has 1 atom stereocenters. The molecule has 4 nitrogen and oxygen atoms in total. The maximum absolute atomic E-state index is 13.0. The molecule has 0 bridgehead atoms. The third kappa shape index (κ3) is 3.07. The number of hydrogen-bond acceptors (Lipinski definition) is 2. The minimum absolute atomic E-state index is 0.0821. The molecule has 1 saturated heterocycles. The number of hydrogen-bond donors (Lipinski definition) is 1. The Hall–Kier alpha value is -2.88. The molecular weight excluding hydrogens is 312 g/mol. The van der Waals surface area contributed by atoms with Crippen LogP contribution in [0.1, 0.15) is 28.9 Å². The van der Waals surface area contributed by atoms with Gasteiger partial charge in [-0.25, -0.2) is 0 Å². The Bertz CT molecular complexity index is 962. The SMILES string of the molecule is O=C(c1cc2ccccc2c(=O)[nH]1)N1CCC[C@H]1Cc1ccccc1. The second kappa shape index (κ2) is 6.55. The van der Waals surface area contributed by atoms with Gasteiger partial charge in [0.05, 0.1) is 0 Å². The predicted molar refractivity (Wildman–Crippen MR) is 98.8 cm³/mol. The van der Waals surface area contributed by atoms with Crippen molar-refractivity contribution >= 4 is 16.7 Å². The number of rotatable bonds is 3. The van der Waals surface area contributed by atoms with Crippen molar-refractivity contribution in [3.8, 4) is 0 Å². The van der Waals surface area contributed by atoms with E-state index in [2.05, 4.69) is 17.1 Å². The topological polar surface area (TPSA) is 53.2 Å². The Balaban J connectivity index is 1.62. The highest BCUT2D eigenvalue weighted by Gasteiger charge is 2.30. The van der Waals surface area contributed by atoms with Gasteiger partial charge in [-0.05, 0) is 42.3 Å². The van der Waals surface area contributed by atoms with Gasteiger partial charge in [0.15, 0.2) is 0 Å². The highest BCUT2D eigenvalue weighted by molar-refractivity contribution is 5.96. The van der Waals surface area contributed by atoms with E-state index in [1.165, 1.54) is 5.56 Å². The van der Waals surface area contributed by atoms with E-state index < -0.39 is 0 Å². The van der Waals surface area contributed by atoms with E-state index in [4.69, 9.17) is 0 Å². The molecule has 1 N–H and O–H groups in total. The van der Waals surface area contributed by atoms with E-state index in [1.54, 1.807) is 12.1 Å². The van der Waals surface area contributed by atoms with Gasteiger partial charge in [-0.3, -0.25) is 9.59 Å². The summed E-state index contributed by atoms with van der Waals surface area (Å²) >= 11 is 0. The lowest BCUT2D eigenvalue weighted by atomic mass is 10.0. The van der Waals surface area contributed by atoms with Crippen LogP contribution in [-0.2, 0) is 6.42 Å². The summed E-state index contributed by atoms with van der Waals surface area (Å²) in [7, 11) is 0. The fourth-order valence-corrected chi connectivity index (χ4v) is 3.68. The number of aromatic amines is 1. The first-order valence-corrected chi connectivity index (χ1v) is 8.69. The maximum atomic E-state index is 13.0. The highest BCUT2D eigenvalue weighted by Crippen LogP contribution is 2.23. The van der Waals surface area contributed by atoms with Crippen molar-refractivity contribution in [2.75, 3.05) is 6.54 Å². The second-order valence-electron chi connectivity index (χ2n) is 6.58. The molecule has 1 aliphatic rings. The van der Waals surface area contributed by atoms with Crippen LogP contribution >= 0.6 is 0 Å². The number of pyridine rings is 1. The van der Waals surface area contributed by atoms with Gasteiger partial charge in [0.2, 0.25) is 0 Å². The van der Waals surface area contributed by atoms with Gasteiger partial charge in [0, 0.05) is 18.0 Å². The molecule has 1 fully saturated rings. The summed E-state index contributed by atoms with van der Waals surface area (Å²) in [6, 6.07) is 19.6. The van der Waals surface area contributed by atoms with Gasteiger partial charge in [-0.1, -0.05) is 48.5 Å². The zero-order chi connectivity index (χ0) is 17.2. The van der Waals surface area contributed by atoms with E-state index in [1.807, 2.05) is 41.3 Å². The molecule has 3 aromatic rings. The molecule has 1 aromatic heterocycles. The van der Waals surface area contributed by atoms with Crippen LogP contribution in [0.3, 0.4) is 0 Å². The molecule has 0 saturated carbocycles. The highest BCUT2D eigenvalue weighted by atomic mass is 16.2. The zero-order valence-electron chi connectivity index (χ0n) is 13.9.